The van der Waals surface area contributed by atoms with Crippen molar-refractivity contribution in [3.63, 3.8) is 0 Å². The van der Waals surface area contributed by atoms with Crippen LogP contribution >= 0.6 is 23.2 Å². The maximum atomic E-state index is 12.3. The third-order valence-electron chi connectivity index (χ3n) is 3.35. The van der Waals surface area contributed by atoms with Crippen LogP contribution in [-0.4, -0.2) is 20.7 Å². The first kappa shape index (κ1) is 17.3. The number of hydrogen-bond acceptors (Lipinski definition) is 3. The number of nitrogens with one attached hydrogen (secondary N) is 1. The highest BCUT2D eigenvalue weighted by Crippen LogP contribution is 2.25. The van der Waals surface area contributed by atoms with Crippen LogP contribution in [0, 0.1) is 0 Å². The van der Waals surface area contributed by atoms with E-state index in [9.17, 15) is 8.42 Å². The number of halogens is 2. The fourth-order valence-corrected chi connectivity index (χ4v) is 4.08. The number of benzene rings is 2. The van der Waals surface area contributed by atoms with Crippen LogP contribution in [0.3, 0.4) is 0 Å². The Balaban J connectivity index is 2.00. The summed E-state index contributed by atoms with van der Waals surface area (Å²) in [7, 11) is -3.47. The Kier molecular flexibility index (Phi) is 5.87. The second-order valence-electron chi connectivity index (χ2n) is 4.98. The van der Waals surface area contributed by atoms with Crippen molar-refractivity contribution in [2.75, 3.05) is 12.3 Å². The summed E-state index contributed by atoms with van der Waals surface area (Å²) < 4.78 is 24.7. The van der Waals surface area contributed by atoms with Gasteiger partial charge in [0, 0.05) is 17.6 Å². The van der Waals surface area contributed by atoms with E-state index in [0.717, 1.165) is 5.56 Å². The zero-order valence-electron chi connectivity index (χ0n) is 12.1. The number of rotatable bonds is 6. The topological polar surface area (TPSA) is 46.2 Å². The standard InChI is InChI=1S/C16H17Cl2NO2S/c1-12(13-5-3-2-4-6-13)19-9-10-22(20,21)16-11-14(17)7-8-15(16)18/h2-8,11-12,19H,9-10H2,1H3/t12-/m0/s1. The molecule has 0 aromatic heterocycles. The number of sulfone groups is 1. The van der Waals surface area contributed by atoms with Crippen LogP contribution in [0.25, 0.3) is 0 Å². The molecule has 0 aliphatic rings. The minimum Gasteiger partial charge on any atom is -0.309 e. The third kappa shape index (κ3) is 4.46. The molecule has 22 heavy (non-hydrogen) atoms. The Hall–Kier alpha value is -1.07. The van der Waals surface area contributed by atoms with E-state index in [1.807, 2.05) is 37.3 Å². The molecule has 0 radical (unpaired) electrons. The van der Waals surface area contributed by atoms with Gasteiger partial charge in [-0.2, -0.15) is 0 Å². The van der Waals surface area contributed by atoms with Gasteiger partial charge in [-0.25, -0.2) is 8.42 Å². The molecule has 0 saturated heterocycles. The second-order valence-corrected chi connectivity index (χ2v) is 7.90. The van der Waals surface area contributed by atoms with Crippen molar-refractivity contribution in [1.82, 2.24) is 5.32 Å². The summed E-state index contributed by atoms with van der Waals surface area (Å²) >= 11 is 11.8. The Morgan fingerprint density at radius 2 is 1.77 bits per heavy atom. The lowest BCUT2D eigenvalue weighted by Crippen LogP contribution is -2.25. The zero-order valence-corrected chi connectivity index (χ0v) is 14.4. The molecular formula is C16H17Cl2NO2S. The van der Waals surface area contributed by atoms with Crippen molar-refractivity contribution >= 4 is 33.0 Å². The minimum atomic E-state index is -3.47. The smallest absolute Gasteiger partial charge is 0.181 e. The van der Waals surface area contributed by atoms with Gasteiger partial charge in [-0.05, 0) is 30.7 Å². The molecule has 2 aromatic rings. The largest absolute Gasteiger partial charge is 0.309 e. The van der Waals surface area contributed by atoms with E-state index in [2.05, 4.69) is 5.32 Å². The molecule has 0 spiro atoms. The Labute approximate surface area is 141 Å². The van der Waals surface area contributed by atoms with Crippen molar-refractivity contribution in [2.45, 2.75) is 17.9 Å². The quantitative estimate of drug-likeness (QED) is 0.845. The van der Waals surface area contributed by atoms with Gasteiger partial charge in [0.15, 0.2) is 9.84 Å². The van der Waals surface area contributed by atoms with Gasteiger partial charge in [0.25, 0.3) is 0 Å². The van der Waals surface area contributed by atoms with Gasteiger partial charge < -0.3 is 5.32 Å². The molecule has 0 heterocycles. The van der Waals surface area contributed by atoms with Crippen LogP contribution in [0.1, 0.15) is 18.5 Å². The van der Waals surface area contributed by atoms with Crippen LogP contribution in [-0.2, 0) is 9.84 Å². The molecule has 0 saturated carbocycles. The SMILES string of the molecule is C[C@H](NCCS(=O)(=O)c1cc(Cl)ccc1Cl)c1ccccc1. The summed E-state index contributed by atoms with van der Waals surface area (Å²) in [5, 5.41) is 3.75. The minimum absolute atomic E-state index is 0.0375. The predicted molar refractivity (Wildman–Crippen MR) is 91.4 cm³/mol. The van der Waals surface area contributed by atoms with Gasteiger partial charge in [-0.1, -0.05) is 53.5 Å². The summed E-state index contributed by atoms with van der Waals surface area (Å²) in [5.74, 6) is -0.0375. The van der Waals surface area contributed by atoms with Gasteiger partial charge in [-0.15, -0.1) is 0 Å². The molecule has 2 rings (SSSR count). The van der Waals surface area contributed by atoms with Crippen LogP contribution < -0.4 is 5.32 Å². The predicted octanol–water partition coefficient (Wildman–Crippen LogP) is 4.12. The molecule has 0 unspecified atom stereocenters. The fourth-order valence-electron chi connectivity index (χ4n) is 2.09. The Morgan fingerprint density at radius 1 is 1.09 bits per heavy atom. The lowest BCUT2D eigenvalue weighted by atomic mass is 10.1. The van der Waals surface area contributed by atoms with Crippen molar-refractivity contribution in [3.8, 4) is 0 Å². The summed E-state index contributed by atoms with van der Waals surface area (Å²) in [6.45, 7) is 2.33. The van der Waals surface area contributed by atoms with Crippen LogP contribution in [0.4, 0.5) is 0 Å². The van der Waals surface area contributed by atoms with E-state index in [0.29, 0.717) is 11.6 Å². The van der Waals surface area contributed by atoms with E-state index >= 15 is 0 Å². The van der Waals surface area contributed by atoms with Crippen molar-refractivity contribution < 1.29 is 8.42 Å². The lowest BCUT2D eigenvalue weighted by Gasteiger charge is -2.14. The molecule has 0 aliphatic carbocycles. The molecule has 0 fully saturated rings. The van der Waals surface area contributed by atoms with Gasteiger partial charge in [0.1, 0.15) is 0 Å². The van der Waals surface area contributed by atoms with E-state index in [1.165, 1.54) is 12.1 Å². The lowest BCUT2D eigenvalue weighted by molar-refractivity contribution is 0.572. The van der Waals surface area contributed by atoms with Crippen LogP contribution in [0.5, 0.6) is 0 Å². The summed E-state index contributed by atoms with van der Waals surface area (Å²) in [4.78, 5) is 0.0795. The highest BCUT2D eigenvalue weighted by atomic mass is 35.5. The van der Waals surface area contributed by atoms with Crippen LogP contribution in [0.15, 0.2) is 53.4 Å². The molecule has 1 atom stereocenters. The molecular weight excluding hydrogens is 341 g/mol. The first-order valence-corrected chi connectivity index (χ1v) is 9.27. The summed E-state index contributed by atoms with van der Waals surface area (Å²) in [6, 6.07) is 14.4. The third-order valence-corrected chi connectivity index (χ3v) is 5.78. The average molecular weight is 358 g/mol. The first-order chi connectivity index (χ1) is 10.4. The fraction of sp³-hybridized carbons (Fsp3) is 0.250. The molecule has 0 aliphatic heterocycles. The molecule has 118 valence electrons. The normalized spacial score (nSPS) is 13.0. The Morgan fingerprint density at radius 3 is 2.45 bits per heavy atom. The van der Waals surface area contributed by atoms with Gasteiger partial charge >= 0.3 is 0 Å². The van der Waals surface area contributed by atoms with Crippen molar-refractivity contribution in [3.05, 3.63) is 64.1 Å². The summed E-state index contributed by atoms with van der Waals surface area (Å²) in [5.41, 5.74) is 1.11. The maximum Gasteiger partial charge on any atom is 0.181 e. The molecule has 6 heteroatoms. The van der Waals surface area contributed by atoms with E-state index in [4.69, 9.17) is 23.2 Å². The van der Waals surface area contributed by atoms with Gasteiger partial charge in [0.05, 0.1) is 15.7 Å². The second kappa shape index (κ2) is 7.47. The van der Waals surface area contributed by atoms with Crippen molar-refractivity contribution in [1.29, 1.82) is 0 Å². The Bertz CT molecular complexity index is 733. The number of hydrogen-bond donors (Lipinski definition) is 1. The van der Waals surface area contributed by atoms with E-state index in [1.54, 1.807) is 6.07 Å². The molecule has 0 bridgehead atoms. The van der Waals surface area contributed by atoms with E-state index < -0.39 is 9.84 Å². The van der Waals surface area contributed by atoms with Crippen molar-refractivity contribution in [2.24, 2.45) is 0 Å². The monoisotopic (exact) mass is 357 g/mol. The first-order valence-electron chi connectivity index (χ1n) is 6.86. The summed E-state index contributed by atoms with van der Waals surface area (Å²) in [6.07, 6.45) is 0. The molecule has 1 N–H and O–H groups in total. The van der Waals surface area contributed by atoms with Crippen LogP contribution in [0.2, 0.25) is 10.0 Å². The maximum absolute atomic E-state index is 12.3. The highest BCUT2D eigenvalue weighted by molar-refractivity contribution is 7.91. The van der Waals surface area contributed by atoms with Gasteiger partial charge in [0.2, 0.25) is 0 Å². The molecule has 2 aromatic carbocycles. The molecule has 0 amide bonds. The molecule has 3 nitrogen and oxygen atoms in total. The van der Waals surface area contributed by atoms with E-state index in [-0.39, 0.29) is 21.7 Å². The average Bonchev–Trinajstić information content (AvgIpc) is 2.50. The van der Waals surface area contributed by atoms with Gasteiger partial charge in [-0.3, -0.25) is 0 Å². The zero-order chi connectivity index (χ0) is 16.2. The highest BCUT2D eigenvalue weighted by Gasteiger charge is 2.18.